The Morgan fingerprint density at radius 1 is 1.29 bits per heavy atom. The summed E-state index contributed by atoms with van der Waals surface area (Å²) in [6.07, 6.45) is 5.70. The third-order valence-electron chi connectivity index (χ3n) is 1.94. The third-order valence-corrected chi connectivity index (χ3v) is 1.94. The van der Waals surface area contributed by atoms with Gasteiger partial charge in [-0.25, -0.2) is 4.98 Å². The van der Waals surface area contributed by atoms with E-state index in [1.807, 2.05) is 18.3 Å². The molecule has 0 atom stereocenters. The normalized spacial score (nSPS) is 10.4. The minimum atomic E-state index is 0.642. The fourth-order valence-electron chi connectivity index (χ4n) is 1.23. The molecule has 72 valence electrons. The molecule has 0 fully saturated rings. The van der Waals surface area contributed by atoms with Crippen molar-refractivity contribution in [3.8, 4) is 11.5 Å². The highest BCUT2D eigenvalue weighted by Crippen LogP contribution is 2.15. The molecule has 0 saturated heterocycles. The summed E-state index contributed by atoms with van der Waals surface area (Å²) < 4.78 is 5.12. The molecule has 0 aromatic carbocycles. The summed E-state index contributed by atoms with van der Waals surface area (Å²) in [7, 11) is 0. The van der Waals surface area contributed by atoms with Gasteiger partial charge in [-0.15, -0.1) is 0 Å². The average molecular weight is 189 g/mol. The van der Waals surface area contributed by atoms with Gasteiger partial charge < -0.3 is 10.2 Å². The van der Waals surface area contributed by atoms with Crippen molar-refractivity contribution in [3.63, 3.8) is 0 Å². The van der Waals surface area contributed by atoms with Crippen molar-refractivity contribution in [1.82, 2.24) is 9.97 Å². The Morgan fingerprint density at radius 3 is 2.79 bits per heavy atom. The van der Waals surface area contributed by atoms with Gasteiger partial charge in [-0.2, -0.15) is 0 Å². The summed E-state index contributed by atoms with van der Waals surface area (Å²) in [5, 5.41) is 0. The maximum atomic E-state index is 5.44. The van der Waals surface area contributed by atoms with Gasteiger partial charge in [-0.3, -0.25) is 4.98 Å². The van der Waals surface area contributed by atoms with Crippen LogP contribution in [0.15, 0.2) is 35.3 Å². The van der Waals surface area contributed by atoms with Crippen molar-refractivity contribution in [2.24, 2.45) is 5.73 Å². The van der Waals surface area contributed by atoms with E-state index in [4.69, 9.17) is 10.2 Å². The van der Waals surface area contributed by atoms with E-state index >= 15 is 0 Å². The van der Waals surface area contributed by atoms with Gasteiger partial charge >= 0.3 is 0 Å². The van der Waals surface area contributed by atoms with Gasteiger partial charge in [0, 0.05) is 6.20 Å². The van der Waals surface area contributed by atoms with Crippen LogP contribution in [0.25, 0.3) is 11.5 Å². The van der Waals surface area contributed by atoms with Gasteiger partial charge in [-0.1, -0.05) is 6.07 Å². The molecule has 4 nitrogen and oxygen atoms in total. The van der Waals surface area contributed by atoms with E-state index in [9.17, 15) is 0 Å². The van der Waals surface area contributed by atoms with E-state index < -0.39 is 0 Å². The molecule has 0 aliphatic heterocycles. The van der Waals surface area contributed by atoms with Crippen LogP contribution in [0, 0.1) is 0 Å². The van der Waals surface area contributed by atoms with E-state index in [2.05, 4.69) is 9.97 Å². The Labute approximate surface area is 81.8 Å². The Hall–Kier alpha value is -1.68. The van der Waals surface area contributed by atoms with Crippen LogP contribution >= 0.6 is 0 Å². The standard InChI is InChI=1S/C10H11N3O/c11-4-3-8-1-2-9(13-5-8)10-6-12-7-14-10/h1-2,5-7H,3-4,11H2. The van der Waals surface area contributed by atoms with Crippen LogP contribution in [0.4, 0.5) is 0 Å². The molecule has 0 amide bonds. The molecule has 0 aliphatic rings. The first-order chi connectivity index (χ1) is 6.90. The van der Waals surface area contributed by atoms with Crippen molar-refractivity contribution in [1.29, 1.82) is 0 Å². The number of pyridine rings is 1. The molecule has 14 heavy (non-hydrogen) atoms. The van der Waals surface area contributed by atoms with Crippen molar-refractivity contribution >= 4 is 0 Å². The number of nitrogens with zero attached hydrogens (tertiary/aromatic N) is 2. The van der Waals surface area contributed by atoms with E-state index in [-0.39, 0.29) is 0 Å². The molecule has 0 unspecified atom stereocenters. The fourth-order valence-corrected chi connectivity index (χ4v) is 1.23. The summed E-state index contributed by atoms with van der Waals surface area (Å²) >= 11 is 0. The lowest BCUT2D eigenvalue weighted by Crippen LogP contribution is -2.02. The summed E-state index contributed by atoms with van der Waals surface area (Å²) in [4.78, 5) is 8.08. The summed E-state index contributed by atoms with van der Waals surface area (Å²) in [6.45, 7) is 0.642. The number of aromatic nitrogens is 2. The maximum absolute atomic E-state index is 5.44. The van der Waals surface area contributed by atoms with Gasteiger partial charge in [0.1, 0.15) is 5.69 Å². The second-order valence-electron chi connectivity index (χ2n) is 2.96. The van der Waals surface area contributed by atoms with Crippen molar-refractivity contribution in [2.45, 2.75) is 6.42 Å². The van der Waals surface area contributed by atoms with E-state index in [1.165, 1.54) is 6.39 Å². The second-order valence-corrected chi connectivity index (χ2v) is 2.96. The fraction of sp³-hybridized carbons (Fsp3) is 0.200. The van der Waals surface area contributed by atoms with Gasteiger partial charge in [0.25, 0.3) is 0 Å². The molecule has 4 heteroatoms. The van der Waals surface area contributed by atoms with Gasteiger partial charge in [0.05, 0.1) is 6.20 Å². The molecular formula is C10H11N3O. The number of rotatable bonds is 3. The summed E-state index contributed by atoms with van der Waals surface area (Å²) in [5.74, 6) is 0.685. The predicted molar refractivity (Wildman–Crippen MR) is 52.5 cm³/mol. The molecule has 2 N–H and O–H groups in total. The van der Waals surface area contributed by atoms with Gasteiger partial charge in [0.2, 0.25) is 0 Å². The van der Waals surface area contributed by atoms with E-state index in [0.717, 1.165) is 17.7 Å². The van der Waals surface area contributed by atoms with Crippen molar-refractivity contribution < 1.29 is 4.42 Å². The molecule has 2 aromatic heterocycles. The Morgan fingerprint density at radius 2 is 2.21 bits per heavy atom. The zero-order valence-electron chi connectivity index (χ0n) is 7.68. The minimum Gasteiger partial charge on any atom is -0.442 e. The highest BCUT2D eigenvalue weighted by molar-refractivity contribution is 5.50. The van der Waals surface area contributed by atoms with Crippen LogP contribution in [-0.2, 0) is 6.42 Å². The number of oxazole rings is 1. The molecular weight excluding hydrogens is 178 g/mol. The smallest absolute Gasteiger partial charge is 0.181 e. The first-order valence-corrected chi connectivity index (χ1v) is 4.44. The first-order valence-electron chi connectivity index (χ1n) is 4.44. The third kappa shape index (κ3) is 1.80. The lowest BCUT2D eigenvalue weighted by Gasteiger charge is -1.98. The predicted octanol–water partition coefficient (Wildman–Crippen LogP) is 1.24. The SMILES string of the molecule is NCCc1ccc(-c2cnco2)nc1. The topological polar surface area (TPSA) is 64.9 Å². The minimum absolute atomic E-state index is 0.642. The Kier molecular flexibility index (Phi) is 2.55. The first kappa shape index (κ1) is 8.90. The summed E-state index contributed by atoms with van der Waals surface area (Å²) in [5.41, 5.74) is 7.37. The molecule has 2 rings (SSSR count). The lowest BCUT2D eigenvalue weighted by molar-refractivity contribution is 0.570. The lowest BCUT2D eigenvalue weighted by atomic mass is 10.2. The Bertz CT molecular complexity index is 380. The Balaban J connectivity index is 2.22. The van der Waals surface area contributed by atoms with E-state index in [0.29, 0.717) is 12.3 Å². The number of hydrogen-bond donors (Lipinski definition) is 1. The monoisotopic (exact) mass is 189 g/mol. The van der Waals surface area contributed by atoms with Gasteiger partial charge in [0.15, 0.2) is 12.2 Å². The molecule has 0 spiro atoms. The van der Waals surface area contributed by atoms with Crippen LogP contribution in [0.2, 0.25) is 0 Å². The number of hydrogen-bond acceptors (Lipinski definition) is 4. The van der Waals surface area contributed by atoms with Crippen LogP contribution in [0.3, 0.4) is 0 Å². The molecule has 2 aromatic rings. The highest BCUT2D eigenvalue weighted by Gasteiger charge is 2.01. The average Bonchev–Trinajstić information content (AvgIpc) is 2.72. The van der Waals surface area contributed by atoms with E-state index in [1.54, 1.807) is 6.20 Å². The van der Waals surface area contributed by atoms with Crippen molar-refractivity contribution in [2.75, 3.05) is 6.54 Å². The van der Waals surface area contributed by atoms with Gasteiger partial charge in [-0.05, 0) is 24.6 Å². The zero-order valence-corrected chi connectivity index (χ0v) is 7.68. The largest absolute Gasteiger partial charge is 0.442 e. The van der Waals surface area contributed by atoms with Crippen molar-refractivity contribution in [3.05, 3.63) is 36.5 Å². The molecule has 0 saturated carbocycles. The quantitative estimate of drug-likeness (QED) is 0.788. The zero-order chi connectivity index (χ0) is 9.80. The molecule has 0 bridgehead atoms. The van der Waals surface area contributed by atoms with Crippen LogP contribution in [0.1, 0.15) is 5.56 Å². The molecule has 0 radical (unpaired) electrons. The van der Waals surface area contributed by atoms with Crippen LogP contribution in [0.5, 0.6) is 0 Å². The van der Waals surface area contributed by atoms with Crippen LogP contribution < -0.4 is 5.73 Å². The highest BCUT2D eigenvalue weighted by atomic mass is 16.3. The maximum Gasteiger partial charge on any atom is 0.181 e. The number of nitrogens with two attached hydrogens (primary N) is 1. The second kappa shape index (κ2) is 4.02. The van der Waals surface area contributed by atoms with Crippen LogP contribution in [-0.4, -0.2) is 16.5 Å². The molecule has 0 aliphatic carbocycles. The molecule has 2 heterocycles. The summed E-state index contributed by atoms with van der Waals surface area (Å²) in [6, 6.07) is 3.91.